The Labute approximate surface area is 148 Å². The van der Waals surface area contributed by atoms with Gasteiger partial charge in [0.25, 0.3) is 0 Å². The Morgan fingerprint density at radius 1 is 1.28 bits per heavy atom. The van der Waals surface area contributed by atoms with E-state index in [1.807, 2.05) is 35.4 Å². The van der Waals surface area contributed by atoms with Crippen molar-refractivity contribution in [2.45, 2.75) is 45.1 Å². The molecule has 4 heteroatoms. The molecule has 4 rings (SSSR count). The van der Waals surface area contributed by atoms with Crippen LogP contribution in [0.3, 0.4) is 0 Å². The number of rotatable bonds is 5. The quantitative estimate of drug-likeness (QED) is 0.911. The Kier molecular flexibility index (Phi) is 4.24. The first-order valence-corrected chi connectivity index (χ1v) is 9.33. The van der Waals surface area contributed by atoms with Gasteiger partial charge >= 0.3 is 0 Å². The lowest BCUT2D eigenvalue weighted by Gasteiger charge is -2.17. The van der Waals surface area contributed by atoms with E-state index in [0.29, 0.717) is 24.9 Å². The Morgan fingerprint density at radius 3 is 2.88 bits per heavy atom. The van der Waals surface area contributed by atoms with Gasteiger partial charge in [-0.1, -0.05) is 25.1 Å². The number of para-hydroxylation sites is 1. The first-order valence-electron chi connectivity index (χ1n) is 9.33. The van der Waals surface area contributed by atoms with Crippen molar-refractivity contribution in [2.24, 2.45) is 11.3 Å². The van der Waals surface area contributed by atoms with Gasteiger partial charge in [-0.05, 0) is 48.8 Å². The Bertz CT molecular complexity index is 779. The lowest BCUT2D eigenvalue weighted by Crippen LogP contribution is -2.29. The van der Waals surface area contributed by atoms with E-state index < -0.39 is 6.10 Å². The molecule has 1 aromatic heterocycles. The highest BCUT2D eigenvalue weighted by atomic mass is 16.3. The van der Waals surface area contributed by atoms with Crippen LogP contribution in [0, 0.1) is 11.3 Å². The Hall–Kier alpha value is -1.94. The zero-order chi connectivity index (χ0) is 17.4. The van der Waals surface area contributed by atoms with Crippen LogP contribution in [0.1, 0.15) is 38.2 Å². The van der Waals surface area contributed by atoms with Gasteiger partial charge in [0.2, 0.25) is 5.91 Å². The summed E-state index contributed by atoms with van der Waals surface area (Å²) in [5.74, 6) is 0.306. The minimum Gasteiger partial charge on any atom is -0.391 e. The van der Waals surface area contributed by atoms with Gasteiger partial charge in [0.15, 0.2) is 0 Å². The van der Waals surface area contributed by atoms with E-state index in [-0.39, 0.29) is 11.8 Å². The maximum atomic E-state index is 12.5. The molecule has 2 atom stereocenters. The number of fused-ring (bicyclic) bond motifs is 1. The fourth-order valence-electron chi connectivity index (χ4n) is 3.90. The third-order valence-electron chi connectivity index (χ3n) is 6.03. The van der Waals surface area contributed by atoms with Crippen molar-refractivity contribution in [1.82, 2.24) is 9.88 Å². The maximum Gasteiger partial charge on any atom is 0.222 e. The molecule has 1 saturated carbocycles. The monoisotopic (exact) mass is 338 g/mol. The number of carbonyl (C=O) groups excluding carboxylic acids is 1. The zero-order valence-corrected chi connectivity index (χ0v) is 14.8. The van der Waals surface area contributed by atoms with Crippen LogP contribution in [-0.4, -0.2) is 40.1 Å². The summed E-state index contributed by atoms with van der Waals surface area (Å²) < 4.78 is 0. The fraction of sp³-hybridized carbons (Fsp3) is 0.524. The smallest absolute Gasteiger partial charge is 0.222 e. The van der Waals surface area contributed by atoms with Gasteiger partial charge in [-0.2, -0.15) is 0 Å². The number of pyridine rings is 1. The largest absolute Gasteiger partial charge is 0.391 e. The third kappa shape index (κ3) is 3.54. The number of nitrogens with zero attached hydrogens (tertiary/aromatic N) is 2. The van der Waals surface area contributed by atoms with E-state index in [9.17, 15) is 9.90 Å². The predicted molar refractivity (Wildman–Crippen MR) is 98.1 cm³/mol. The van der Waals surface area contributed by atoms with Crippen LogP contribution < -0.4 is 0 Å². The minimum absolute atomic E-state index is 0.103. The second kappa shape index (κ2) is 6.41. The number of hydrogen-bond donors (Lipinski definition) is 1. The predicted octanol–water partition coefficient (Wildman–Crippen LogP) is 3.18. The number of aromatic nitrogens is 1. The standard InChI is InChI=1S/C21H26N2O2/c1-21(9-10-21)8-6-20(25)23-13-16(19(24)14-23)12-15-7-11-22-18-5-3-2-4-17(15)18/h2-5,7,11,16,19,24H,6,8-10,12-14H2,1H3/t16-,19-/m1/s1. The molecule has 1 aliphatic carbocycles. The summed E-state index contributed by atoms with van der Waals surface area (Å²) in [5.41, 5.74) is 2.59. The Morgan fingerprint density at radius 2 is 2.08 bits per heavy atom. The van der Waals surface area contributed by atoms with Gasteiger partial charge in [0.05, 0.1) is 11.6 Å². The van der Waals surface area contributed by atoms with Gasteiger partial charge in [-0.15, -0.1) is 0 Å². The highest BCUT2D eigenvalue weighted by Crippen LogP contribution is 2.49. The first-order chi connectivity index (χ1) is 12.0. The number of β-amino-alcohol motifs (C(OH)–C–C–N with tert-alkyl or cyclic N) is 1. The number of benzene rings is 1. The van der Waals surface area contributed by atoms with Crippen molar-refractivity contribution in [3.8, 4) is 0 Å². The molecule has 0 spiro atoms. The molecule has 1 aromatic carbocycles. The van der Waals surface area contributed by atoms with E-state index in [4.69, 9.17) is 0 Å². The van der Waals surface area contributed by atoms with Crippen molar-refractivity contribution in [3.05, 3.63) is 42.1 Å². The number of likely N-dealkylation sites (tertiary alicyclic amines) is 1. The fourth-order valence-corrected chi connectivity index (χ4v) is 3.90. The third-order valence-corrected chi connectivity index (χ3v) is 6.03. The molecule has 2 aromatic rings. The average molecular weight is 338 g/mol. The molecule has 132 valence electrons. The molecule has 2 heterocycles. The van der Waals surface area contributed by atoms with Gasteiger partial charge in [0, 0.05) is 37.0 Å². The number of aliphatic hydroxyl groups is 1. The topological polar surface area (TPSA) is 53.4 Å². The van der Waals surface area contributed by atoms with Crippen LogP contribution in [0.2, 0.25) is 0 Å². The zero-order valence-electron chi connectivity index (χ0n) is 14.8. The number of carbonyl (C=O) groups is 1. The summed E-state index contributed by atoms with van der Waals surface area (Å²) in [6.07, 6.45) is 6.28. The SMILES string of the molecule is CC1(CCC(=O)N2C[C@@H](Cc3ccnc4ccccc34)[C@H](O)C2)CC1. The lowest BCUT2D eigenvalue weighted by atomic mass is 9.94. The number of aliphatic hydroxyl groups excluding tert-OH is 1. The summed E-state index contributed by atoms with van der Waals surface area (Å²) in [6, 6.07) is 10.1. The summed E-state index contributed by atoms with van der Waals surface area (Å²) in [5, 5.41) is 11.6. The molecule has 1 saturated heterocycles. The van der Waals surface area contributed by atoms with E-state index in [1.165, 1.54) is 18.4 Å². The summed E-state index contributed by atoms with van der Waals surface area (Å²) in [7, 11) is 0. The normalized spacial score (nSPS) is 24.6. The number of hydrogen-bond acceptors (Lipinski definition) is 3. The molecule has 1 aliphatic heterocycles. The van der Waals surface area contributed by atoms with Gasteiger partial charge in [-0.25, -0.2) is 0 Å². The minimum atomic E-state index is -0.438. The van der Waals surface area contributed by atoms with Crippen LogP contribution in [0.15, 0.2) is 36.5 Å². The average Bonchev–Trinajstić information content (AvgIpc) is 3.25. The van der Waals surface area contributed by atoms with Crippen molar-refractivity contribution in [2.75, 3.05) is 13.1 Å². The molecule has 0 unspecified atom stereocenters. The van der Waals surface area contributed by atoms with E-state index >= 15 is 0 Å². The van der Waals surface area contributed by atoms with E-state index in [2.05, 4.69) is 18.0 Å². The highest BCUT2D eigenvalue weighted by molar-refractivity contribution is 5.82. The van der Waals surface area contributed by atoms with Gasteiger partial charge in [0.1, 0.15) is 0 Å². The van der Waals surface area contributed by atoms with Crippen LogP contribution in [-0.2, 0) is 11.2 Å². The van der Waals surface area contributed by atoms with Crippen molar-refractivity contribution in [1.29, 1.82) is 0 Å². The Balaban J connectivity index is 1.42. The van der Waals surface area contributed by atoms with Crippen LogP contribution in [0.25, 0.3) is 10.9 Å². The summed E-state index contributed by atoms with van der Waals surface area (Å²) in [4.78, 5) is 18.8. The van der Waals surface area contributed by atoms with Gasteiger partial charge < -0.3 is 10.0 Å². The highest BCUT2D eigenvalue weighted by Gasteiger charge is 2.39. The molecule has 2 fully saturated rings. The molecule has 1 amide bonds. The molecule has 25 heavy (non-hydrogen) atoms. The second-order valence-corrected chi connectivity index (χ2v) is 8.13. The lowest BCUT2D eigenvalue weighted by molar-refractivity contribution is -0.130. The first kappa shape index (κ1) is 16.5. The van der Waals surface area contributed by atoms with Crippen LogP contribution in [0.5, 0.6) is 0 Å². The molecular formula is C21H26N2O2. The molecule has 2 aliphatic rings. The molecule has 0 bridgehead atoms. The maximum absolute atomic E-state index is 12.5. The van der Waals surface area contributed by atoms with Crippen LogP contribution in [0.4, 0.5) is 0 Å². The van der Waals surface area contributed by atoms with Crippen molar-refractivity contribution < 1.29 is 9.90 Å². The van der Waals surface area contributed by atoms with Crippen molar-refractivity contribution >= 4 is 16.8 Å². The van der Waals surface area contributed by atoms with Crippen LogP contribution >= 0.6 is 0 Å². The molecule has 4 nitrogen and oxygen atoms in total. The summed E-state index contributed by atoms with van der Waals surface area (Å²) in [6.45, 7) is 3.40. The second-order valence-electron chi connectivity index (χ2n) is 8.13. The molecular weight excluding hydrogens is 312 g/mol. The summed E-state index contributed by atoms with van der Waals surface area (Å²) >= 11 is 0. The molecule has 0 radical (unpaired) electrons. The van der Waals surface area contributed by atoms with E-state index in [1.54, 1.807) is 0 Å². The van der Waals surface area contributed by atoms with Crippen molar-refractivity contribution in [3.63, 3.8) is 0 Å². The molecule has 1 N–H and O–H groups in total. The van der Waals surface area contributed by atoms with E-state index in [0.717, 1.165) is 23.7 Å². The van der Waals surface area contributed by atoms with Gasteiger partial charge in [-0.3, -0.25) is 9.78 Å². The number of amides is 1.